The molecule has 6 amide bonds. The van der Waals surface area contributed by atoms with E-state index in [0.29, 0.717) is 0 Å². The number of carbonyl (C=O) groups excluding carboxylic acids is 6. The van der Waals surface area contributed by atoms with Crippen molar-refractivity contribution in [2.75, 3.05) is 39.5 Å². The van der Waals surface area contributed by atoms with Gasteiger partial charge in [-0.25, -0.2) is 9.97 Å². The van der Waals surface area contributed by atoms with E-state index in [-0.39, 0.29) is 52.2 Å². The molecule has 0 aliphatic carbocycles. The van der Waals surface area contributed by atoms with Crippen LogP contribution in [0, 0.1) is 24.7 Å². The minimum Gasteiger partial charge on any atom is -0.391 e. The Labute approximate surface area is 416 Å². The van der Waals surface area contributed by atoms with Crippen molar-refractivity contribution in [3.8, 4) is 20.9 Å². The maximum atomic E-state index is 14.0. The molecule has 4 aromatic rings. The fourth-order valence-corrected chi connectivity index (χ4v) is 10.0. The molecule has 0 bridgehead atoms. The first-order valence-electron chi connectivity index (χ1n) is 23.4. The van der Waals surface area contributed by atoms with Crippen LogP contribution in [-0.4, -0.2) is 141 Å². The summed E-state index contributed by atoms with van der Waals surface area (Å²) in [5.41, 5.74) is 7.70. The molecule has 2 aromatic carbocycles. The van der Waals surface area contributed by atoms with Crippen molar-refractivity contribution in [1.29, 1.82) is 0 Å². The minimum atomic E-state index is -1.05. The van der Waals surface area contributed by atoms with E-state index in [2.05, 4.69) is 31.2 Å². The van der Waals surface area contributed by atoms with E-state index in [1.54, 1.807) is 75.2 Å². The molecule has 2 saturated heterocycles. The number of aryl methyl sites for hydroxylation is 2. The highest BCUT2D eigenvalue weighted by Gasteiger charge is 2.46. The lowest BCUT2D eigenvalue weighted by Gasteiger charge is -2.35. The molecule has 378 valence electrons. The predicted molar refractivity (Wildman–Crippen MR) is 265 cm³/mol. The highest BCUT2D eigenvalue weighted by atomic mass is 32.1. The van der Waals surface area contributed by atoms with E-state index >= 15 is 0 Å². The summed E-state index contributed by atoms with van der Waals surface area (Å²) in [6.07, 6.45) is -1.75. The van der Waals surface area contributed by atoms with E-state index in [0.717, 1.165) is 43.4 Å². The van der Waals surface area contributed by atoms with Gasteiger partial charge in [0.15, 0.2) is 0 Å². The number of amides is 6. The quantitative estimate of drug-likeness (QED) is 0.0741. The zero-order chi connectivity index (χ0) is 50.9. The molecule has 6 N–H and O–H groups in total. The lowest BCUT2D eigenvalue weighted by Crippen LogP contribution is -2.58. The van der Waals surface area contributed by atoms with Gasteiger partial charge in [-0.1, -0.05) is 90.1 Å². The van der Waals surface area contributed by atoms with Gasteiger partial charge in [-0.2, -0.15) is 0 Å². The van der Waals surface area contributed by atoms with Crippen molar-refractivity contribution in [2.45, 2.75) is 118 Å². The van der Waals surface area contributed by atoms with Crippen molar-refractivity contribution in [3.63, 3.8) is 0 Å². The molecule has 6 rings (SSSR count). The molecular weight excluding hydrogens is 937 g/mol. The Kier molecular flexibility index (Phi) is 18.0. The molecule has 2 fully saturated rings. The van der Waals surface area contributed by atoms with Gasteiger partial charge in [-0.15, -0.1) is 22.7 Å². The van der Waals surface area contributed by atoms with Gasteiger partial charge in [-0.3, -0.25) is 28.8 Å². The van der Waals surface area contributed by atoms with E-state index in [4.69, 9.17) is 9.47 Å². The Morgan fingerprint density at radius 2 is 0.986 bits per heavy atom. The first-order chi connectivity index (χ1) is 33.1. The standard InChI is InChI=1S/C50H66N8O10S2/c1-29-41(69-27-53-29)33-13-9-31(10-14-33)21-51-45(63)37-19-35(59)23-57(37)47(65)43(49(3,4)5)55-39(61)25-67-17-18-68-26-40(62)56-44(50(6,7)8)48(66)58-24-36(60)20-38(58)46(64)52-22-32-11-15-34(16-12-32)42-30(2)54-28-70-42/h9-16,27-28,35-38,43-44,59-60H,17-26H2,1-8H3,(H,51,63)(H,52,64)(H,55,61)(H,56,62)/t35-,36+,37-,38-,43+,44+/m0/s1. The summed E-state index contributed by atoms with van der Waals surface area (Å²) >= 11 is 3.11. The van der Waals surface area contributed by atoms with E-state index < -0.39 is 95.9 Å². The van der Waals surface area contributed by atoms with Crippen LogP contribution in [0.5, 0.6) is 0 Å². The summed E-state index contributed by atoms with van der Waals surface area (Å²) < 4.78 is 11.0. The van der Waals surface area contributed by atoms with Crippen molar-refractivity contribution >= 4 is 58.1 Å². The van der Waals surface area contributed by atoms with Gasteiger partial charge >= 0.3 is 0 Å². The second-order valence-corrected chi connectivity index (χ2v) is 21.7. The number of benzene rings is 2. The van der Waals surface area contributed by atoms with Crippen LogP contribution in [0.2, 0.25) is 0 Å². The highest BCUT2D eigenvalue weighted by Crippen LogP contribution is 2.31. The van der Waals surface area contributed by atoms with Gasteiger partial charge < -0.3 is 50.8 Å². The van der Waals surface area contributed by atoms with Crippen LogP contribution in [0.25, 0.3) is 20.9 Å². The van der Waals surface area contributed by atoms with Gasteiger partial charge in [0.1, 0.15) is 37.4 Å². The Hall–Kier alpha value is -5.64. The molecule has 0 spiro atoms. The first kappa shape index (κ1) is 53.7. The fraction of sp³-hybridized carbons (Fsp3) is 0.520. The van der Waals surface area contributed by atoms with Crippen LogP contribution in [0.15, 0.2) is 59.6 Å². The largest absolute Gasteiger partial charge is 0.391 e. The molecule has 2 aromatic heterocycles. The van der Waals surface area contributed by atoms with Crippen LogP contribution >= 0.6 is 22.7 Å². The van der Waals surface area contributed by atoms with Crippen molar-refractivity contribution in [3.05, 3.63) is 82.1 Å². The zero-order valence-electron chi connectivity index (χ0n) is 41.1. The zero-order valence-corrected chi connectivity index (χ0v) is 42.7. The summed E-state index contributed by atoms with van der Waals surface area (Å²) in [6, 6.07) is 11.5. The molecule has 20 heteroatoms. The maximum Gasteiger partial charge on any atom is 0.246 e. The van der Waals surface area contributed by atoms with Crippen molar-refractivity contribution < 1.29 is 48.5 Å². The molecule has 2 aliphatic rings. The Balaban J connectivity index is 0.929. The minimum absolute atomic E-state index is 0.0498. The topological polar surface area (TPSA) is 242 Å². The summed E-state index contributed by atoms with van der Waals surface area (Å²) in [7, 11) is 0. The Morgan fingerprint density at radius 1 is 0.629 bits per heavy atom. The SMILES string of the molecule is Cc1ncsc1-c1ccc(CNC(=O)[C@@H]2C[C@@H](O)CN2C(=O)[C@@H](NC(=O)COCCOCC(=O)N[C@H](C(=O)N2C[C@@H](O)C[C@H]2C(=O)NCc2ccc(-c3scnc3C)cc2)C(C)(C)C)C(C)(C)C)cc1. The van der Waals surface area contributed by atoms with Gasteiger partial charge in [-0.05, 0) is 46.9 Å². The highest BCUT2D eigenvalue weighted by molar-refractivity contribution is 7.13. The monoisotopic (exact) mass is 1000 g/mol. The van der Waals surface area contributed by atoms with Crippen LogP contribution in [0.1, 0.15) is 76.9 Å². The summed E-state index contributed by atoms with van der Waals surface area (Å²) in [5, 5.41) is 32.4. The molecule has 2 aliphatic heterocycles. The normalized spacial score (nSPS) is 19.1. The number of aliphatic hydroxyl groups is 2. The average Bonchev–Trinajstić information content (AvgIpc) is 4.13. The number of aliphatic hydroxyl groups excluding tert-OH is 2. The van der Waals surface area contributed by atoms with E-state index in [9.17, 15) is 39.0 Å². The molecular formula is C50H66N8O10S2. The third kappa shape index (κ3) is 14.0. The molecule has 0 saturated carbocycles. The molecule has 18 nitrogen and oxygen atoms in total. The van der Waals surface area contributed by atoms with Gasteiger partial charge in [0, 0.05) is 39.0 Å². The van der Waals surface area contributed by atoms with Gasteiger partial charge in [0.25, 0.3) is 0 Å². The van der Waals surface area contributed by atoms with Crippen molar-refractivity contribution in [1.82, 2.24) is 41.0 Å². The smallest absolute Gasteiger partial charge is 0.246 e. The van der Waals surface area contributed by atoms with E-state index in [1.165, 1.54) is 9.80 Å². The number of carbonyl (C=O) groups is 6. The number of aromatic nitrogens is 2. The average molecular weight is 1000 g/mol. The lowest BCUT2D eigenvalue weighted by molar-refractivity contribution is -0.145. The van der Waals surface area contributed by atoms with Crippen LogP contribution in [0.3, 0.4) is 0 Å². The second-order valence-electron chi connectivity index (χ2n) is 20.0. The van der Waals surface area contributed by atoms with Crippen LogP contribution in [-0.2, 0) is 51.3 Å². The second kappa shape index (κ2) is 23.5. The summed E-state index contributed by atoms with van der Waals surface area (Å²) in [5.74, 6) is -3.04. The number of nitrogens with zero attached hydrogens (tertiary/aromatic N) is 4. The number of likely N-dealkylation sites (tertiary alicyclic amines) is 2. The maximum absolute atomic E-state index is 14.0. The number of thiazole rings is 2. The Morgan fingerprint density at radius 3 is 1.30 bits per heavy atom. The third-order valence-corrected chi connectivity index (χ3v) is 14.2. The molecule has 6 atom stereocenters. The van der Waals surface area contributed by atoms with E-state index in [1.807, 2.05) is 62.4 Å². The number of rotatable bonds is 19. The molecule has 4 heterocycles. The third-order valence-electron chi connectivity index (χ3n) is 12.3. The number of ether oxygens (including phenoxy) is 2. The summed E-state index contributed by atoms with van der Waals surface area (Å²) in [6.45, 7) is 13.9. The molecule has 70 heavy (non-hydrogen) atoms. The van der Waals surface area contributed by atoms with Gasteiger partial charge in [0.2, 0.25) is 35.4 Å². The van der Waals surface area contributed by atoms with Gasteiger partial charge in [0.05, 0.1) is 57.6 Å². The number of hydrogen-bond donors (Lipinski definition) is 6. The Bertz CT molecular complexity index is 2290. The molecule has 0 unspecified atom stereocenters. The number of nitrogens with one attached hydrogen (secondary N) is 4. The number of β-amino-alcohol motifs (C(OH)–C–C–N with tert-alkyl or cyclic N) is 2. The lowest BCUT2D eigenvalue weighted by atomic mass is 9.85. The summed E-state index contributed by atoms with van der Waals surface area (Å²) in [4.78, 5) is 94.6. The van der Waals surface area contributed by atoms with Crippen LogP contribution in [0.4, 0.5) is 0 Å². The predicted octanol–water partition coefficient (Wildman–Crippen LogP) is 3.50. The first-order valence-corrected chi connectivity index (χ1v) is 25.1. The van der Waals surface area contributed by atoms with Crippen molar-refractivity contribution in [2.24, 2.45) is 10.8 Å². The number of hydrogen-bond acceptors (Lipinski definition) is 14. The molecule has 0 radical (unpaired) electrons. The fourth-order valence-electron chi connectivity index (χ4n) is 8.41. The van der Waals surface area contributed by atoms with Crippen LogP contribution < -0.4 is 21.3 Å².